The van der Waals surface area contributed by atoms with Crippen molar-refractivity contribution in [3.8, 4) is 17.6 Å². The molecule has 0 aliphatic rings. The van der Waals surface area contributed by atoms with E-state index >= 15 is 0 Å². The second-order valence-corrected chi connectivity index (χ2v) is 12.0. The summed E-state index contributed by atoms with van der Waals surface area (Å²) in [6.07, 6.45) is 4.56. The number of ether oxygens (including phenoxy) is 2. The van der Waals surface area contributed by atoms with Gasteiger partial charge in [0.2, 0.25) is 0 Å². The summed E-state index contributed by atoms with van der Waals surface area (Å²) < 4.78 is 16.6. The SMILES string of the molecule is CO[Si](C)(C)CCCCCCOc1ccc(C(=O)Oc2ccc(C#N)cc2)cc1. The van der Waals surface area contributed by atoms with Crippen LogP contribution in [0.5, 0.6) is 11.5 Å². The van der Waals surface area contributed by atoms with Crippen LogP contribution in [0.1, 0.15) is 41.6 Å². The van der Waals surface area contributed by atoms with E-state index in [4.69, 9.17) is 19.2 Å². The fourth-order valence-electron chi connectivity index (χ4n) is 2.75. The van der Waals surface area contributed by atoms with Crippen LogP contribution in [-0.4, -0.2) is 28.0 Å². The maximum Gasteiger partial charge on any atom is 0.343 e. The van der Waals surface area contributed by atoms with Crippen LogP contribution in [0.4, 0.5) is 0 Å². The van der Waals surface area contributed by atoms with Crippen LogP contribution in [0, 0.1) is 11.3 Å². The summed E-state index contributed by atoms with van der Waals surface area (Å²) in [7, 11) is 0.393. The highest BCUT2D eigenvalue weighted by molar-refractivity contribution is 6.71. The maximum atomic E-state index is 12.2. The molecule has 0 aliphatic carbocycles. The number of benzene rings is 2. The molecule has 5 nitrogen and oxygen atoms in total. The second kappa shape index (κ2) is 11.4. The zero-order valence-corrected chi connectivity index (χ0v) is 18.4. The van der Waals surface area contributed by atoms with E-state index in [1.807, 2.05) is 13.2 Å². The van der Waals surface area contributed by atoms with Gasteiger partial charge in [-0.1, -0.05) is 19.3 Å². The Morgan fingerprint density at radius 3 is 2.17 bits per heavy atom. The van der Waals surface area contributed by atoms with Crippen molar-refractivity contribution < 1.29 is 18.7 Å². The number of hydrogen-bond donors (Lipinski definition) is 0. The smallest absolute Gasteiger partial charge is 0.343 e. The highest BCUT2D eigenvalue weighted by Gasteiger charge is 2.19. The fourth-order valence-corrected chi connectivity index (χ4v) is 4.05. The quantitative estimate of drug-likeness (QED) is 0.209. The van der Waals surface area contributed by atoms with Gasteiger partial charge in [-0.05, 0) is 74.1 Å². The molecule has 0 heterocycles. The molecule has 0 radical (unpaired) electrons. The van der Waals surface area contributed by atoms with Gasteiger partial charge < -0.3 is 13.9 Å². The number of esters is 1. The molecular formula is C23H29NO4Si. The molecule has 0 aliphatic heterocycles. The van der Waals surface area contributed by atoms with Gasteiger partial charge in [0.05, 0.1) is 23.8 Å². The molecule has 0 unspecified atom stereocenters. The largest absolute Gasteiger partial charge is 0.494 e. The van der Waals surface area contributed by atoms with Crippen molar-refractivity contribution in [3.05, 3.63) is 59.7 Å². The van der Waals surface area contributed by atoms with E-state index in [1.54, 1.807) is 48.5 Å². The molecule has 0 bridgehead atoms. The standard InChI is InChI=1S/C23H29NO4Si/c1-26-29(2,3)17-7-5-4-6-16-27-21-14-10-20(11-15-21)23(25)28-22-12-8-19(18-24)9-13-22/h8-15H,4-7,16-17H2,1-3H3. The van der Waals surface area contributed by atoms with Crippen molar-refractivity contribution in [1.29, 1.82) is 5.26 Å². The van der Waals surface area contributed by atoms with Gasteiger partial charge >= 0.3 is 5.97 Å². The van der Waals surface area contributed by atoms with Crippen molar-refractivity contribution in [2.75, 3.05) is 13.7 Å². The lowest BCUT2D eigenvalue weighted by molar-refractivity contribution is 0.0734. The van der Waals surface area contributed by atoms with E-state index in [1.165, 1.54) is 18.9 Å². The molecule has 0 aromatic heterocycles. The summed E-state index contributed by atoms with van der Waals surface area (Å²) in [5.74, 6) is 0.711. The summed E-state index contributed by atoms with van der Waals surface area (Å²) in [4.78, 5) is 12.2. The highest BCUT2D eigenvalue weighted by atomic mass is 28.4. The summed E-state index contributed by atoms with van der Waals surface area (Å²) >= 11 is 0. The van der Waals surface area contributed by atoms with Crippen LogP contribution in [0.2, 0.25) is 19.1 Å². The highest BCUT2D eigenvalue weighted by Crippen LogP contribution is 2.18. The van der Waals surface area contributed by atoms with Gasteiger partial charge in [0.25, 0.3) is 0 Å². The Hall–Kier alpha value is -2.62. The maximum absolute atomic E-state index is 12.2. The first kappa shape index (κ1) is 22.7. The Morgan fingerprint density at radius 2 is 1.55 bits per heavy atom. The number of unbranched alkanes of at least 4 members (excludes halogenated alkanes) is 3. The molecule has 0 amide bonds. The molecule has 2 aromatic rings. The molecule has 154 valence electrons. The Kier molecular flexibility index (Phi) is 8.91. The molecule has 0 fully saturated rings. The molecule has 29 heavy (non-hydrogen) atoms. The molecule has 0 N–H and O–H groups in total. The lowest BCUT2D eigenvalue weighted by Gasteiger charge is -2.19. The summed E-state index contributed by atoms with van der Waals surface area (Å²) in [5, 5.41) is 8.80. The van der Waals surface area contributed by atoms with E-state index in [2.05, 4.69) is 13.1 Å². The van der Waals surface area contributed by atoms with Gasteiger partial charge in [0.1, 0.15) is 11.5 Å². The Bertz CT molecular complexity index is 810. The fraction of sp³-hybridized carbons (Fsp3) is 0.391. The van der Waals surface area contributed by atoms with E-state index in [9.17, 15) is 4.79 Å². The van der Waals surface area contributed by atoms with Crippen LogP contribution < -0.4 is 9.47 Å². The molecule has 0 saturated carbocycles. The minimum Gasteiger partial charge on any atom is -0.494 e. The van der Waals surface area contributed by atoms with E-state index < -0.39 is 14.3 Å². The molecule has 2 aromatic carbocycles. The molecular weight excluding hydrogens is 382 g/mol. The third-order valence-electron chi connectivity index (χ3n) is 4.78. The van der Waals surface area contributed by atoms with Gasteiger partial charge in [-0.25, -0.2) is 4.79 Å². The van der Waals surface area contributed by atoms with E-state index in [0.29, 0.717) is 23.5 Å². The lowest BCUT2D eigenvalue weighted by atomic mass is 10.2. The molecule has 2 rings (SSSR count). The van der Waals surface area contributed by atoms with Gasteiger partial charge in [0, 0.05) is 7.11 Å². The van der Waals surface area contributed by atoms with Crippen LogP contribution in [0.15, 0.2) is 48.5 Å². The van der Waals surface area contributed by atoms with Crippen molar-refractivity contribution in [3.63, 3.8) is 0 Å². The third-order valence-corrected chi connectivity index (χ3v) is 7.44. The van der Waals surface area contributed by atoms with E-state index in [-0.39, 0.29) is 0 Å². The number of hydrogen-bond acceptors (Lipinski definition) is 5. The average Bonchev–Trinajstić information content (AvgIpc) is 2.74. The van der Waals surface area contributed by atoms with Crippen molar-refractivity contribution >= 4 is 14.3 Å². The molecule has 0 saturated heterocycles. The summed E-state index contributed by atoms with van der Waals surface area (Å²) in [5.41, 5.74) is 0.971. The third kappa shape index (κ3) is 8.10. The first-order chi connectivity index (χ1) is 13.9. The Morgan fingerprint density at radius 1 is 0.931 bits per heavy atom. The van der Waals surface area contributed by atoms with Crippen LogP contribution in [-0.2, 0) is 4.43 Å². The summed E-state index contributed by atoms with van der Waals surface area (Å²) in [6.45, 7) is 5.17. The van der Waals surface area contributed by atoms with Gasteiger partial charge in [-0.15, -0.1) is 0 Å². The minimum atomic E-state index is -1.42. The molecule has 0 atom stereocenters. The Labute approximate surface area is 174 Å². The number of carbonyl (C=O) groups excluding carboxylic acids is 1. The number of rotatable bonds is 11. The average molecular weight is 412 g/mol. The van der Waals surface area contributed by atoms with Crippen molar-refractivity contribution in [1.82, 2.24) is 0 Å². The minimum absolute atomic E-state index is 0.408. The number of carbonyl (C=O) groups is 1. The Balaban J connectivity index is 1.68. The lowest BCUT2D eigenvalue weighted by Crippen LogP contribution is -2.27. The monoisotopic (exact) mass is 411 g/mol. The molecule has 0 spiro atoms. The van der Waals surface area contributed by atoms with Crippen LogP contribution in [0.25, 0.3) is 0 Å². The summed E-state index contributed by atoms with van der Waals surface area (Å²) in [6, 6.07) is 16.6. The van der Waals surface area contributed by atoms with Gasteiger partial charge in [-0.3, -0.25) is 0 Å². The van der Waals surface area contributed by atoms with Crippen molar-refractivity contribution in [2.24, 2.45) is 0 Å². The zero-order valence-electron chi connectivity index (χ0n) is 17.4. The first-order valence-corrected chi connectivity index (χ1v) is 13.1. The van der Waals surface area contributed by atoms with Gasteiger partial charge in [0.15, 0.2) is 8.32 Å². The first-order valence-electron chi connectivity index (χ1n) is 9.94. The second-order valence-electron chi connectivity index (χ2n) is 7.53. The van der Waals surface area contributed by atoms with Gasteiger partial charge in [-0.2, -0.15) is 5.26 Å². The zero-order chi connectivity index (χ0) is 21.1. The number of nitrogens with zero attached hydrogens (tertiary/aromatic N) is 1. The number of nitriles is 1. The van der Waals surface area contributed by atoms with E-state index in [0.717, 1.165) is 18.6 Å². The predicted molar refractivity (Wildman–Crippen MR) is 116 cm³/mol. The topological polar surface area (TPSA) is 68.6 Å². The normalized spacial score (nSPS) is 11.0. The van der Waals surface area contributed by atoms with Crippen molar-refractivity contribution in [2.45, 2.75) is 44.8 Å². The van der Waals surface area contributed by atoms with Crippen LogP contribution >= 0.6 is 0 Å². The van der Waals surface area contributed by atoms with Crippen LogP contribution in [0.3, 0.4) is 0 Å². The predicted octanol–water partition coefficient (Wildman–Crippen LogP) is 5.57. The molecule has 6 heteroatoms.